The van der Waals surface area contributed by atoms with Gasteiger partial charge in [0.2, 0.25) is 0 Å². The number of hydrogen-bond donors (Lipinski definition) is 1. The third-order valence-corrected chi connectivity index (χ3v) is 2.26. The largest absolute Gasteiger partial charge is 0.476 e. The fraction of sp³-hybridized carbons (Fsp3) is 0.0833. The number of benzene rings is 1. The topological polar surface area (TPSA) is 81.4 Å². The predicted molar refractivity (Wildman–Crippen MR) is 61.6 cm³/mol. The van der Waals surface area contributed by atoms with Gasteiger partial charge in [-0.3, -0.25) is 4.68 Å². The van der Waals surface area contributed by atoms with Gasteiger partial charge in [-0.2, -0.15) is 5.10 Å². The molecule has 0 aliphatic rings. The number of carbonyl (C=O) groups is 2. The van der Waals surface area contributed by atoms with E-state index in [4.69, 9.17) is 9.84 Å². The minimum absolute atomic E-state index is 0.0799. The molecule has 0 saturated heterocycles. The van der Waals surface area contributed by atoms with E-state index in [9.17, 15) is 9.59 Å². The van der Waals surface area contributed by atoms with Gasteiger partial charge in [0.05, 0.1) is 0 Å². The summed E-state index contributed by atoms with van der Waals surface area (Å²) in [6.07, 6.45) is 0. The molecule has 0 radical (unpaired) electrons. The van der Waals surface area contributed by atoms with Crippen LogP contribution in [0.3, 0.4) is 0 Å². The lowest BCUT2D eigenvalue weighted by Gasteiger charge is -2.03. The summed E-state index contributed by atoms with van der Waals surface area (Å²) in [5.41, 5.74) is -0.117. The quantitative estimate of drug-likeness (QED) is 0.652. The fourth-order valence-corrected chi connectivity index (χ4v) is 1.41. The normalized spacial score (nSPS) is 10.1. The van der Waals surface area contributed by atoms with E-state index in [-0.39, 0.29) is 11.4 Å². The Bertz CT molecular complexity index is 589. The minimum atomic E-state index is -1.19. The van der Waals surface area contributed by atoms with Crippen LogP contribution in [0.1, 0.15) is 21.0 Å². The van der Waals surface area contributed by atoms with Crippen LogP contribution in [0.25, 0.3) is 0 Å². The van der Waals surface area contributed by atoms with Crippen LogP contribution in [0.4, 0.5) is 0 Å². The molecule has 0 aliphatic heterocycles. The Morgan fingerprint density at radius 3 is 2.50 bits per heavy atom. The van der Waals surface area contributed by atoms with Gasteiger partial charge in [0.1, 0.15) is 11.4 Å². The SMILES string of the molecule is Cn1nc(C(=O)O)cc1C(=O)Oc1ccccc1. The van der Waals surface area contributed by atoms with Gasteiger partial charge in [-0.15, -0.1) is 0 Å². The second-order valence-corrected chi connectivity index (χ2v) is 3.55. The van der Waals surface area contributed by atoms with Crippen LogP contribution in [0.15, 0.2) is 36.4 Å². The number of carboxylic acid groups (broad SMARTS) is 1. The van der Waals surface area contributed by atoms with Crippen molar-refractivity contribution in [3.8, 4) is 5.75 Å². The zero-order valence-electron chi connectivity index (χ0n) is 9.53. The van der Waals surface area contributed by atoms with Crippen molar-refractivity contribution in [3.63, 3.8) is 0 Å². The Hall–Kier alpha value is -2.63. The highest BCUT2D eigenvalue weighted by Crippen LogP contribution is 2.12. The number of carboxylic acids is 1. The maximum atomic E-state index is 11.8. The summed E-state index contributed by atoms with van der Waals surface area (Å²) in [6.45, 7) is 0. The highest BCUT2D eigenvalue weighted by Gasteiger charge is 2.18. The molecule has 0 fully saturated rings. The number of rotatable bonds is 3. The Kier molecular flexibility index (Phi) is 3.09. The molecule has 0 bridgehead atoms. The van der Waals surface area contributed by atoms with Crippen LogP contribution in [0.2, 0.25) is 0 Å². The molecule has 1 N–H and O–H groups in total. The monoisotopic (exact) mass is 246 g/mol. The molecule has 0 spiro atoms. The summed E-state index contributed by atoms with van der Waals surface area (Å²) in [5, 5.41) is 12.5. The molecule has 2 aromatic rings. The molecule has 0 unspecified atom stereocenters. The van der Waals surface area contributed by atoms with Crippen molar-refractivity contribution in [1.29, 1.82) is 0 Å². The van der Waals surface area contributed by atoms with Gasteiger partial charge in [0, 0.05) is 13.1 Å². The van der Waals surface area contributed by atoms with Crippen molar-refractivity contribution in [3.05, 3.63) is 47.8 Å². The number of ether oxygens (including phenoxy) is 1. The van der Waals surface area contributed by atoms with E-state index in [1.54, 1.807) is 30.3 Å². The molecule has 2 rings (SSSR count). The Morgan fingerprint density at radius 1 is 1.28 bits per heavy atom. The molecule has 0 aliphatic carbocycles. The second-order valence-electron chi connectivity index (χ2n) is 3.55. The minimum Gasteiger partial charge on any atom is -0.476 e. The van der Waals surface area contributed by atoms with Gasteiger partial charge in [0.25, 0.3) is 0 Å². The Labute approximate surface area is 102 Å². The third-order valence-electron chi connectivity index (χ3n) is 2.26. The fourth-order valence-electron chi connectivity index (χ4n) is 1.41. The Morgan fingerprint density at radius 2 is 1.94 bits per heavy atom. The number of aryl methyl sites for hydroxylation is 1. The molecule has 18 heavy (non-hydrogen) atoms. The molecule has 6 nitrogen and oxygen atoms in total. The third kappa shape index (κ3) is 2.37. The van der Waals surface area contributed by atoms with Crippen LogP contribution >= 0.6 is 0 Å². The highest BCUT2D eigenvalue weighted by atomic mass is 16.5. The molecule has 1 aromatic carbocycles. The first-order chi connectivity index (χ1) is 8.58. The van der Waals surface area contributed by atoms with Crippen molar-refractivity contribution >= 4 is 11.9 Å². The smallest absolute Gasteiger partial charge is 0.362 e. The number of esters is 1. The van der Waals surface area contributed by atoms with Crippen molar-refractivity contribution in [2.24, 2.45) is 7.05 Å². The number of para-hydroxylation sites is 1. The van der Waals surface area contributed by atoms with Gasteiger partial charge in [0.15, 0.2) is 5.69 Å². The maximum absolute atomic E-state index is 11.8. The van der Waals surface area contributed by atoms with E-state index in [1.807, 2.05) is 0 Å². The van der Waals surface area contributed by atoms with Gasteiger partial charge in [-0.05, 0) is 12.1 Å². The summed E-state index contributed by atoms with van der Waals surface area (Å²) in [6, 6.07) is 9.69. The molecular weight excluding hydrogens is 236 g/mol. The van der Waals surface area contributed by atoms with E-state index in [1.165, 1.54) is 17.8 Å². The zero-order chi connectivity index (χ0) is 13.1. The van der Waals surface area contributed by atoms with Gasteiger partial charge >= 0.3 is 11.9 Å². The molecule has 1 aromatic heterocycles. The first-order valence-electron chi connectivity index (χ1n) is 5.12. The maximum Gasteiger partial charge on any atom is 0.362 e. The summed E-state index contributed by atoms with van der Waals surface area (Å²) in [5.74, 6) is -1.45. The second kappa shape index (κ2) is 4.70. The molecule has 1 heterocycles. The van der Waals surface area contributed by atoms with Crippen LogP contribution in [0.5, 0.6) is 5.75 Å². The average Bonchev–Trinajstić information content (AvgIpc) is 2.73. The Balaban J connectivity index is 2.22. The summed E-state index contributed by atoms with van der Waals surface area (Å²) in [7, 11) is 1.48. The number of hydrogen-bond acceptors (Lipinski definition) is 4. The molecule has 0 amide bonds. The predicted octanol–water partition coefficient (Wildman–Crippen LogP) is 1.34. The standard InChI is InChI=1S/C12H10N2O4/c1-14-10(7-9(13-14)11(15)16)12(17)18-8-5-3-2-4-6-8/h2-7H,1H3,(H,15,16). The van der Waals surface area contributed by atoms with Crippen molar-refractivity contribution in [2.75, 3.05) is 0 Å². The van der Waals surface area contributed by atoms with E-state index >= 15 is 0 Å². The molecule has 0 saturated carbocycles. The van der Waals surface area contributed by atoms with Crippen LogP contribution < -0.4 is 4.74 Å². The van der Waals surface area contributed by atoms with Gasteiger partial charge in [-0.25, -0.2) is 9.59 Å². The van der Waals surface area contributed by atoms with Gasteiger partial charge in [-0.1, -0.05) is 18.2 Å². The molecule has 92 valence electrons. The summed E-state index contributed by atoms with van der Waals surface area (Å²) < 4.78 is 6.26. The van der Waals surface area contributed by atoms with Crippen molar-refractivity contribution in [1.82, 2.24) is 9.78 Å². The van der Waals surface area contributed by atoms with E-state index in [2.05, 4.69) is 5.10 Å². The van der Waals surface area contributed by atoms with Crippen LogP contribution in [0, 0.1) is 0 Å². The lowest BCUT2D eigenvalue weighted by molar-refractivity contribution is 0.0687. The molecular formula is C12H10N2O4. The van der Waals surface area contributed by atoms with E-state index in [0.29, 0.717) is 5.75 Å². The number of nitrogens with zero attached hydrogens (tertiary/aromatic N) is 2. The van der Waals surface area contributed by atoms with Crippen molar-refractivity contribution < 1.29 is 19.4 Å². The lowest BCUT2D eigenvalue weighted by Crippen LogP contribution is -2.13. The first-order valence-corrected chi connectivity index (χ1v) is 5.12. The first kappa shape index (κ1) is 11.8. The zero-order valence-corrected chi connectivity index (χ0v) is 9.53. The van der Waals surface area contributed by atoms with Gasteiger partial charge < -0.3 is 9.84 Å². The van der Waals surface area contributed by atoms with Crippen molar-refractivity contribution in [2.45, 2.75) is 0 Å². The van der Waals surface area contributed by atoms with E-state index in [0.717, 1.165) is 0 Å². The lowest BCUT2D eigenvalue weighted by atomic mass is 10.3. The number of aromatic carboxylic acids is 1. The average molecular weight is 246 g/mol. The van der Waals surface area contributed by atoms with E-state index < -0.39 is 11.9 Å². The summed E-state index contributed by atoms with van der Waals surface area (Å²) in [4.78, 5) is 22.5. The van der Waals surface area contributed by atoms with Crippen LogP contribution in [-0.2, 0) is 7.05 Å². The number of aromatic nitrogens is 2. The molecule has 6 heteroatoms. The van der Waals surface area contributed by atoms with Crippen LogP contribution in [-0.4, -0.2) is 26.8 Å². The highest BCUT2D eigenvalue weighted by molar-refractivity contribution is 5.93. The number of carbonyl (C=O) groups excluding carboxylic acids is 1. The summed E-state index contributed by atoms with van der Waals surface area (Å²) >= 11 is 0. The molecule has 0 atom stereocenters.